The van der Waals surface area contributed by atoms with Crippen molar-refractivity contribution >= 4 is 5.97 Å². The number of carbonyl (C=O) groups is 1. The van der Waals surface area contributed by atoms with Gasteiger partial charge in [-0.05, 0) is 25.7 Å². The Hall–Kier alpha value is -1.05. The third-order valence-corrected chi connectivity index (χ3v) is 2.33. The molecule has 0 heterocycles. The molecule has 15 heavy (non-hydrogen) atoms. The first-order valence-corrected chi connectivity index (χ1v) is 5.77. The van der Waals surface area contributed by atoms with Crippen LogP contribution in [0.2, 0.25) is 0 Å². The maximum Gasteiger partial charge on any atom is 0.327 e. The molecular weight excluding hydrogens is 188 g/mol. The van der Waals surface area contributed by atoms with E-state index < -0.39 is 5.97 Å². The molecule has 0 spiro atoms. The summed E-state index contributed by atoms with van der Waals surface area (Å²) in [5.74, 6) is -0.981. The van der Waals surface area contributed by atoms with E-state index in [2.05, 4.69) is 18.7 Å². The van der Waals surface area contributed by atoms with Gasteiger partial charge in [0.25, 0.3) is 0 Å². The summed E-state index contributed by atoms with van der Waals surface area (Å²) in [7, 11) is 0. The van der Waals surface area contributed by atoms with Crippen LogP contribution >= 0.6 is 0 Å². The van der Waals surface area contributed by atoms with E-state index in [1.807, 2.05) is 0 Å². The fourth-order valence-electron chi connectivity index (χ4n) is 1.47. The van der Waals surface area contributed by atoms with Gasteiger partial charge in [-0.15, -0.1) is 0 Å². The molecule has 2 heteroatoms. The van der Waals surface area contributed by atoms with Crippen molar-refractivity contribution in [3.05, 3.63) is 24.8 Å². The minimum Gasteiger partial charge on any atom is -0.478 e. The lowest BCUT2D eigenvalue weighted by molar-refractivity contribution is -0.131. The van der Waals surface area contributed by atoms with Crippen LogP contribution in [0.15, 0.2) is 24.8 Å². The summed E-state index contributed by atoms with van der Waals surface area (Å²) in [6.07, 6.45) is 16.8. The Bertz CT molecular complexity index is 183. The molecule has 0 atom stereocenters. The monoisotopic (exact) mass is 210 g/mol. The third kappa shape index (κ3) is 12.9. The second kappa shape index (κ2) is 11.0. The predicted octanol–water partition coefficient (Wildman–Crippen LogP) is 3.93. The molecule has 0 bridgehead atoms. The van der Waals surface area contributed by atoms with Gasteiger partial charge in [-0.2, -0.15) is 0 Å². The first kappa shape index (κ1) is 13.9. The first-order valence-electron chi connectivity index (χ1n) is 5.77. The number of hydrogen-bond acceptors (Lipinski definition) is 1. The first-order chi connectivity index (χ1) is 7.27. The highest BCUT2D eigenvalue weighted by atomic mass is 16.4. The Morgan fingerprint density at radius 2 is 1.33 bits per heavy atom. The molecule has 2 nitrogen and oxygen atoms in total. The van der Waals surface area contributed by atoms with Crippen LogP contribution in [-0.4, -0.2) is 11.1 Å². The molecule has 1 aliphatic rings. The Kier molecular flexibility index (Phi) is 10.3. The Balaban J connectivity index is 0.000000336. The number of rotatable bonds is 1. The standard InChI is InChI=1S/C10H18.C3H4O2/c1-2-4-6-8-10-9-7-5-3-1;1-2-3(4)5/h1-2H,3-10H2;2H,1H2,(H,4,5). The van der Waals surface area contributed by atoms with Gasteiger partial charge in [0, 0.05) is 6.08 Å². The molecule has 86 valence electrons. The van der Waals surface area contributed by atoms with Gasteiger partial charge in [0.1, 0.15) is 0 Å². The van der Waals surface area contributed by atoms with Gasteiger partial charge in [0.05, 0.1) is 0 Å². The zero-order valence-corrected chi connectivity index (χ0v) is 9.45. The van der Waals surface area contributed by atoms with E-state index in [1.165, 1.54) is 51.4 Å². The van der Waals surface area contributed by atoms with Gasteiger partial charge in [-0.3, -0.25) is 0 Å². The van der Waals surface area contributed by atoms with Crippen LogP contribution in [0.25, 0.3) is 0 Å². The van der Waals surface area contributed by atoms with Gasteiger partial charge in [0.15, 0.2) is 0 Å². The fourth-order valence-corrected chi connectivity index (χ4v) is 1.47. The van der Waals surface area contributed by atoms with Crippen LogP contribution in [0.4, 0.5) is 0 Å². The van der Waals surface area contributed by atoms with Crippen LogP contribution in [0.5, 0.6) is 0 Å². The number of aliphatic carboxylic acids is 1. The largest absolute Gasteiger partial charge is 0.478 e. The van der Waals surface area contributed by atoms with Crippen molar-refractivity contribution in [1.82, 2.24) is 0 Å². The normalized spacial score (nSPS) is 17.1. The minimum absolute atomic E-state index is 0.833. The molecule has 0 radical (unpaired) electrons. The summed E-state index contributed by atoms with van der Waals surface area (Å²) < 4.78 is 0. The molecule has 0 fully saturated rings. The van der Waals surface area contributed by atoms with Crippen molar-refractivity contribution < 1.29 is 9.90 Å². The fraction of sp³-hybridized carbons (Fsp3) is 0.615. The molecule has 0 aromatic carbocycles. The van der Waals surface area contributed by atoms with E-state index in [0.29, 0.717) is 0 Å². The zero-order valence-electron chi connectivity index (χ0n) is 9.45. The molecule has 0 unspecified atom stereocenters. The Morgan fingerprint density at radius 3 is 1.67 bits per heavy atom. The average Bonchev–Trinajstić information content (AvgIpc) is 2.27. The minimum atomic E-state index is -0.981. The highest BCUT2D eigenvalue weighted by Gasteiger charge is 1.91. The van der Waals surface area contributed by atoms with Crippen molar-refractivity contribution in [2.24, 2.45) is 0 Å². The highest BCUT2D eigenvalue weighted by molar-refractivity contribution is 5.78. The second-order valence-corrected chi connectivity index (χ2v) is 3.71. The quantitative estimate of drug-likeness (QED) is 0.526. The van der Waals surface area contributed by atoms with Crippen LogP contribution in [-0.2, 0) is 4.79 Å². The van der Waals surface area contributed by atoms with Crippen LogP contribution < -0.4 is 0 Å². The van der Waals surface area contributed by atoms with Gasteiger partial charge in [-0.1, -0.05) is 44.4 Å². The Morgan fingerprint density at radius 1 is 1.00 bits per heavy atom. The smallest absolute Gasteiger partial charge is 0.327 e. The highest BCUT2D eigenvalue weighted by Crippen LogP contribution is 2.11. The maximum absolute atomic E-state index is 9.25. The van der Waals surface area contributed by atoms with E-state index in [4.69, 9.17) is 5.11 Å². The van der Waals surface area contributed by atoms with E-state index in [9.17, 15) is 4.79 Å². The number of carboxylic acid groups (broad SMARTS) is 1. The maximum atomic E-state index is 9.25. The summed E-state index contributed by atoms with van der Waals surface area (Å²) in [5.41, 5.74) is 0. The van der Waals surface area contributed by atoms with E-state index in [-0.39, 0.29) is 0 Å². The van der Waals surface area contributed by atoms with E-state index in [0.717, 1.165) is 6.08 Å². The van der Waals surface area contributed by atoms with Crippen LogP contribution in [0.1, 0.15) is 51.4 Å². The Labute approximate surface area is 92.7 Å². The molecular formula is C13H22O2. The summed E-state index contributed by atoms with van der Waals surface area (Å²) in [6.45, 7) is 2.96. The van der Waals surface area contributed by atoms with Gasteiger partial charge >= 0.3 is 5.97 Å². The van der Waals surface area contributed by atoms with Crippen LogP contribution in [0, 0.1) is 0 Å². The lowest BCUT2D eigenvalue weighted by Crippen LogP contribution is -1.82. The molecule has 0 saturated carbocycles. The van der Waals surface area contributed by atoms with Crippen molar-refractivity contribution in [2.45, 2.75) is 51.4 Å². The predicted molar refractivity (Wildman–Crippen MR) is 63.9 cm³/mol. The second-order valence-electron chi connectivity index (χ2n) is 3.71. The third-order valence-electron chi connectivity index (χ3n) is 2.33. The molecule has 1 aliphatic carbocycles. The van der Waals surface area contributed by atoms with E-state index >= 15 is 0 Å². The molecule has 1 rings (SSSR count). The van der Waals surface area contributed by atoms with Crippen LogP contribution in [0.3, 0.4) is 0 Å². The number of carboxylic acids is 1. The number of hydrogen-bond donors (Lipinski definition) is 1. The molecule has 0 saturated heterocycles. The average molecular weight is 210 g/mol. The summed E-state index contributed by atoms with van der Waals surface area (Å²) >= 11 is 0. The van der Waals surface area contributed by atoms with Gasteiger partial charge in [-0.25, -0.2) is 4.79 Å². The van der Waals surface area contributed by atoms with E-state index in [1.54, 1.807) is 0 Å². The lowest BCUT2D eigenvalue weighted by Gasteiger charge is -2.01. The molecule has 0 aromatic heterocycles. The molecule has 0 amide bonds. The molecule has 1 N–H and O–H groups in total. The molecule has 0 aliphatic heterocycles. The lowest BCUT2D eigenvalue weighted by atomic mass is 10.1. The van der Waals surface area contributed by atoms with Gasteiger partial charge < -0.3 is 5.11 Å². The SMILES string of the molecule is C1=CCCCCCCCC1.C=CC(=O)O. The van der Waals surface area contributed by atoms with Crippen molar-refractivity contribution in [2.75, 3.05) is 0 Å². The summed E-state index contributed by atoms with van der Waals surface area (Å²) in [4.78, 5) is 9.25. The summed E-state index contributed by atoms with van der Waals surface area (Å²) in [5, 5.41) is 7.60. The van der Waals surface area contributed by atoms with Gasteiger partial charge in [0.2, 0.25) is 0 Å². The van der Waals surface area contributed by atoms with Crippen molar-refractivity contribution in [1.29, 1.82) is 0 Å². The van der Waals surface area contributed by atoms with Crippen molar-refractivity contribution in [3.8, 4) is 0 Å². The molecule has 0 aromatic rings. The topological polar surface area (TPSA) is 37.3 Å². The number of allylic oxidation sites excluding steroid dienone is 2. The summed E-state index contributed by atoms with van der Waals surface area (Å²) in [6, 6.07) is 0. The zero-order chi connectivity index (χ0) is 11.4. The van der Waals surface area contributed by atoms with Crippen molar-refractivity contribution in [3.63, 3.8) is 0 Å².